The first kappa shape index (κ1) is 12.8. The molecule has 0 bridgehead atoms. The third-order valence-corrected chi connectivity index (χ3v) is 2.42. The van der Waals surface area contributed by atoms with Gasteiger partial charge in [0.25, 0.3) is 0 Å². The predicted molar refractivity (Wildman–Crippen MR) is 70.2 cm³/mol. The van der Waals surface area contributed by atoms with Crippen LogP contribution in [-0.4, -0.2) is 17.3 Å². The molecular weight excluding hydrogens is 248 g/mol. The molecule has 5 heteroatoms. The normalized spacial score (nSPS) is 10.8. The zero-order valence-corrected chi connectivity index (χ0v) is 10.2. The van der Waals surface area contributed by atoms with Crippen LogP contribution in [0.1, 0.15) is 11.3 Å². The lowest BCUT2D eigenvalue weighted by Crippen LogP contribution is -1.95. The third kappa shape index (κ3) is 3.16. The number of rotatable bonds is 3. The fourth-order valence-corrected chi connectivity index (χ4v) is 1.54. The molecule has 2 rings (SSSR count). The van der Waals surface area contributed by atoms with E-state index in [4.69, 9.17) is 9.15 Å². The van der Waals surface area contributed by atoms with Crippen LogP contribution in [0.5, 0.6) is 17.2 Å². The standard InChI is InChI=1S/C14H12O5/c1-18-13-6-9(3-5-12(13)16)2-4-11-7-10(15)8-14(17)19-11/h2-8,15-16H,1H3/b4-2+. The minimum atomic E-state index is -0.622. The molecule has 0 atom stereocenters. The minimum absolute atomic E-state index is 0.0449. The van der Waals surface area contributed by atoms with Crippen LogP contribution in [0.3, 0.4) is 0 Å². The van der Waals surface area contributed by atoms with Crippen LogP contribution in [0.25, 0.3) is 12.2 Å². The first-order chi connectivity index (χ1) is 9.08. The Bertz CT molecular complexity index is 670. The molecule has 0 aliphatic heterocycles. The molecular formula is C14H12O5. The Morgan fingerprint density at radius 3 is 2.63 bits per heavy atom. The summed E-state index contributed by atoms with van der Waals surface area (Å²) in [6.45, 7) is 0. The van der Waals surface area contributed by atoms with Gasteiger partial charge in [0.05, 0.1) is 13.2 Å². The van der Waals surface area contributed by atoms with E-state index in [2.05, 4.69) is 0 Å². The van der Waals surface area contributed by atoms with E-state index in [0.717, 1.165) is 11.6 Å². The van der Waals surface area contributed by atoms with Crippen molar-refractivity contribution >= 4 is 12.2 Å². The van der Waals surface area contributed by atoms with Crippen LogP contribution in [0.15, 0.2) is 39.5 Å². The van der Waals surface area contributed by atoms with Crippen LogP contribution in [0.2, 0.25) is 0 Å². The van der Waals surface area contributed by atoms with E-state index in [0.29, 0.717) is 5.75 Å². The zero-order valence-electron chi connectivity index (χ0n) is 10.2. The Kier molecular flexibility index (Phi) is 3.56. The van der Waals surface area contributed by atoms with E-state index in [-0.39, 0.29) is 17.3 Å². The van der Waals surface area contributed by atoms with Crippen molar-refractivity contribution in [1.29, 1.82) is 0 Å². The molecule has 2 aromatic rings. The highest BCUT2D eigenvalue weighted by Crippen LogP contribution is 2.27. The third-order valence-electron chi connectivity index (χ3n) is 2.42. The smallest absolute Gasteiger partial charge is 0.339 e. The molecule has 1 heterocycles. The summed E-state index contributed by atoms with van der Waals surface area (Å²) in [6.07, 6.45) is 3.20. The van der Waals surface area contributed by atoms with Crippen molar-refractivity contribution in [3.05, 3.63) is 52.1 Å². The van der Waals surface area contributed by atoms with Gasteiger partial charge in [-0.2, -0.15) is 0 Å². The van der Waals surface area contributed by atoms with Gasteiger partial charge in [-0.15, -0.1) is 0 Å². The Morgan fingerprint density at radius 1 is 1.16 bits per heavy atom. The fraction of sp³-hybridized carbons (Fsp3) is 0.0714. The van der Waals surface area contributed by atoms with Crippen molar-refractivity contribution in [1.82, 2.24) is 0 Å². The van der Waals surface area contributed by atoms with Crippen LogP contribution in [0, 0.1) is 0 Å². The monoisotopic (exact) mass is 260 g/mol. The summed E-state index contributed by atoms with van der Waals surface area (Å²) < 4.78 is 9.86. The maximum absolute atomic E-state index is 11.1. The van der Waals surface area contributed by atoms with Crippen LogP contribution < -0.4 is 10.4 Å². The second-order valence-corrected chi connectivity index (χ2v) is 3.80. The van der Waals surface area contributed by atoms with E-state index in [1.165, 1.54) is 25.3 Å². The topological polar surface area (TPSA) is 79.9 Å². The molecule has 98 valence electrons. The van der Waals surface area contributed by atoms with Gasteiger partial charge in [0.1, 0.15) is 11.5 Å². The summed E-state index contributed by atoms with van der Waals surface area (Å²) in [5.41, 5.74) is 0.128. The quantitative estimate of drug-likeness (QED) is 0.884. The molecule has 0 aliphatic carbocycles. The zero-order chi connectivity index (χ0) is 13.8. The first-order valence-corrected chi connectivity index (χ1v) is 5.48. The van der Waals surface area contributed by atoms with E-state index < -0.39 is 5.63 Å². The summed E-state index contributed by atoms with van der Waals surface area (Å²) in [7, 11) is 1.46. The Labute approximate surface area is 109 Å². The molecule has 1 aromatic heterocycles. The van der Waals surface area contributed by atoms with Crippen LogP contribution >= 0.6 is 0 Å². The molecule has 0 radical (unpaired) electrons. The van der Waals surface area contributed by atoms with E-state index >= 15 is 0 Å². The first-order valence-electron chi connectivity index (χ1n) is 5.48. The number of benzene rings is 1. The fourth-order valence-electron chi connectivity index (χ4n) is 1.54. The Morgan fingerprint density at radius 2 is 1.95 bits per heavy atom. The van der Waals surface area contributed by atoms with Crippen LogP contribution in [0.4, 0.5) is 0 Å². The molecule has 0 fully saturated rings. The van der Waals surface area contributed by atoms with Gasteiger partial charge in [-0.1, -0.05) is 12.1 Å². The van der Waals surface area contributed by atoms with Crippen molar-refractivity contribution in [3.8, 4) is 17.2 Å². The van der Waals surface area contributed by atoms with Gasteiger partial charge in [-0.3, -0.25) is 0 Å². The Hall–Kier alpha value is -2.69. The molecule has 5 nitrogen and oxygen atoms in total. The summed E-state index contributed by atoms with van der Waals surface area (Å²) >= 11 is 0. The predicted octanol–water partition coefficient (Wildman–Crippen LogP) is 2.23. The molecule has 2 N–H and O–H groups in total. The highest BCUT2D eigenvalue weighted by molar-refractivity contribution is 5.69. The van der Waals surface area contributed by atoms with Gasteiger partial charge in [0.2, 0.25) is 0 Å². The van der Waals surface area contributed by atoms with Gasteiger partial charge in [0, 0.05) is 6.07 Å². The van der Waals surface area contributed by atoms with Crippen LogP contribution in [-0.2, 0) is 0 Å². The second-order valence-electron chi connectivity index (χ2n) is 3.80. The van der Waals surface area contributed by atoms with Crippen molar-refractivity contribution in [2.45, 2.75) is 0 Å². The summed E-state index contributed by atoms with van der Waals surface area (Å²) in [4.78, 5) is 11.1. The number of hydrogen-bond donors (Lipinski definition) is 2. The number of methoxy groups -OCH3 is 1. The lowest BCUT2D eigenvalue weighted by Gasteiger charge is -2.03. The van der Waals surface area contributed by atoms with Gasteiger partial charge in [-0.05, 0) is 23.8 Å². The maximum Gasteiger partial charge on any atom is 0.339 e. The number of phenolic OH excluding ortho intramolecular Hbond substituents is 1. The molecule has 0 aliphatic rings. The van der Waals surface area contributed by atoms with E-state index in [1.807, 2.05) is 0 Å². The summed E-state index contributed by atoms with van der Waals surface area (Å²) in [5.74, 6) is 0.472. The van der Waals surface area contributed by atoms with Crippen molar-refractivity contribution in [2.75, 3.05) is 7.11 Å². The van der Waals surface area contributed by atoms with Crippen molar-refractivity contribution < 1.29 is 19.4 Å². The molecule has 1 aromatic carbocycles. The van der Waals surface area contributed by atoms with Crippen molar-refractivity contribution in [2.24, 2.45) is 0 Å². The van der Waals surface area contributed by atoms with Gasteiger partial charge >= 0.3 is 5.63 Å². The number of aromatic hydroxyl groups is 2. The maximum atomic E-state index is 11.1. The SMILES string of the molecule is COc1cc(/C=C/c2cc(O)cc(=O)o2)ccc1O. The Balaban J connectivity index is 2.29. The molecule has 0 spiro atoms. The molecule has 0 amide bonds. The summed E-state index contributed by atoms with van der Waals surface area (Å²) in [5, 5.41) is 18.7. The highest BCUT2D eigenvalue weighted by Gasteiger charge is 2.01. The lowest BCUT2D eigenvalue weighted by molar-refractivity contribution is 0.373. The molecule has 19 heavy (non-hydrogen) atoms. The van der Waals surface area contributed by atoms with Gasteiger partial charge in [0.15, 0.2) is 11.5 Å². The van der Waals surface area contributed by atoms with E-state index in [9.17, 15) is 15.0 Å². The minimum Gasteiger partial charge on any atom is -0.508 e. The second kappa shape index (κ2) is 5.30. The summed E-state index contributed by atoms with van der Waals surface area (Å²) in [6, 6.07) is 7.12. The molecule has 0 unspecified atom stereocenters. The van der Waals surface area contributed by atoms with Crippen molar-refractivity contribution in [3.63, 3.8) is 0 Å². The average Bonchev–Trinajstić information content (AvgIpc) is 2.36. The lowest BCUT2D eigenvalue weighted by atomic mass is 10.2. The van der Waals surface area contributed by atoms with E-state index in [1.54, 1.807) is 18.2 Å². The number of hydrogen-bond acceptors (Lipinski definition) is 5. The van der Waals surface area contributed by atoms with Gasteiger partial charge in [-0.25, -0.2) is 4.79 Å². The highest BCUT2D eigenvalue weighted by atomic mass is 16.5. The number of phenols is 1. The number of ether oxygens (including phenoxy) is 1. The molecule has 0 saturated carbocycles. The largest absolute Gasteiger partial charge is 0.508 e. The average molecular weight is 260 g/mol. The van der Waals surface area contributed by atoms with Gasteiger partial charge < -0.3 is 19.4 Å². The molecule has 0 saturated heterocycles.